The molecule has 0 bridgehead atoms. The lowest BCUT2D eigenvalue weighted by Crippen LogP contribution is -2.38. The maximum absolute atomic E-state index is 13.4. The quantitative estimate of drug-likeness (QED) is 0.569. The molecule has 2 aromatic heterocycles. The Bertz CT molecular complexity index is 1140. The minimum atomic E-state index is -4.50. The Morgan fingerprint density at radius 3 is 2.39 bits per heavy atom. The van der Waals surface area contributed by atoms with E-state index in [9.17, 15) is 22.4 Å². The van der Waals surface area contributed by atoms with Gasteiger partial charge in [0, 0.05) is 43.4 Å². The van der Waals surface area contributed by atoms with Crippen LogP contribution in [0.2, 0.25) is 0 Å². The second-order valence-electron chi connectivity index (χ2n) is 7.64. The van der Waals surface area contributed by atoms with Crippen molar-refractivity contribution in [3.63, 3.8) is 0 Å². The molecule has 0 spiro atoms. The molecule has 1 aliphatic heterocycles. The average molecular weight is 460 g/mol. The number of carbonyl (C=O) groups is 1. The normalized spacial score (nSPS) is 14.8. The van der Waals surface area contributed by atoms with Gasteiger partial charge in [-0.25, -0.2) is 9.37 Å². The molecule has 10 heteroatoms. The Labute approximate surface area is 187 Å². The first-order chi connectivity index (χ1) is 15.7. The van der Waals surface area contributed by atoms with Gasteiger partial charge in [0.2, 0.25) is 0 Å². The number of nitrogens with two attached hydrogens (primary N) is 1. The van der Waals surface area contributed by atoms with Gasteiger partial charge in [-0.15, -0.1) is 0 Å². The molecule has 0 aliphatic carbocycles. The fraction of sp³-hybridized carbons (Fsp3) is 0.261. The topological polar surface area (TPSA) is 81.3 Å². The van der Waals surface area contributed by atoms with E-state index in [0.29, 0.717) is 48.5 Å². The Balaban J connectivity index is 1.50. The fourth-order valence-corrected chi connectivity index (χ4v) is 3.71. The van der Waals surface area contributed by atoms with E-state index >= 15 is 0 Å². The minimum Gasteiger partial charge on any atom is -0.488 e. The second-order valence-corrected chi connectivity index (χ2v) is 7.64. The lowest BCUT2D eigenvalue weighted by atomic mass is 10.0. The van der Waals surface area contributed by atoms with Crippen LogP contribution in [0.25, 0.3) is 11.1 Å². The molecule has 3 heterocycles. The monoisotopic (exact) mass is 460 g/mol. The highest BCUT2D eigenvalue weighted by Gasteiger charge is 2.33. The Kier molecular flexibility index (Phi) is 6.17. The maximum Gasteiger partial charge on any atom is 0.433 e. The number of amides is 1. The molecule has 1 aliphatic rings. The molecule has 0 saturated carbocycles. The van der Waals surface area contributed by atoms with Gasteiger partial charge in [0.1, 0.15) is 29.1 Å². The highest BCUT2D eigenvalue weighted by atomic mass is 19.4. The van der Waals surface area contributed by atoms with Crippen LogP contribution in [-0.2, 0) is 6.18 Å². The standard InChI is InChI=1S/C23H20F4N4O2/c24-15-3-1-14(2-4-15)18-12-19(22(28)32)30-13-20(18)33-17-6-9-31(10-7-17)16-5-8-29-21(11-16)23(25,26)27/h1-5,8,11-13,17H,6-7,9-10H2,(H2,28,32). The molecular formula is C23H20F4N4O2. The summed E-state index contributed by atoms with van der Waals surface area (Å²) in [5.41, 5.74) is 6.10. The highest BCUT2D eigenvalue weighted by Crippen LogP contribution is 2.34. The third kappa shape index (κ3) is 5.21. The van der Waals surface area contributed by atoms with Crippen LogP contribution < -0.4 is 15.4 Å². The van der Waals surface area contributed by atoms with Crippen molar-refractivity contribution in [3.05, 3.63) is 72.1 Å². The summed E-state index contributed by atoms with van der Waals surface area (Å²) in [6.45, 7) is 0.981. The lowest BCUT2D eigenvalue weighted by Gasteiger charge is -2.34. The third-order valence-electron chi connectivity index (χ3n) is 5.41. The molecule has 1 fully saturated rings. The summed E-state index contributed by atoms with van der Waals surface area (Å²) in [6.07, 6.45) is -1.04. The van der Waals surface area contributed by atoms with Crippen molar-refractivity contribution >= 4 is 11.6 Å². The van der Waals surface area contributed by atoms with E-state index in [-0.39, 0.29) is 11.8 Å². The molecular weight excluding hydrogens is 440 g/mol. The van der Waals surface area contributed by atoms with Crippen molar-refractivity contribution < 1.29 is 27.1 Å². The summed E-state index contributed by atoms with van der Waals surface area (Å²) in [5, 5.41) is 0. The van der Waals surface area contributed by atoms with Crippen molar-refractivity contribution in [2.45, 2.75) is 25.1 Å². The molecule has 1 aromatic carbocycles. The number of primary amides is 1. The van der Waals surface area contributed by atoms with Gasteiger partial charge >= 0.3 is 6.18 Å². The Hall–Kier alpha value is -3.69. The highest BCUT2D eigenvalue weighted by molar-refractivity contribution is 5.92. The fourth-order valence-electron chi connectivity index (χ4n) is 3.71. The van der Waals surface area contributed by atoms with Gasteiger partial charge in [0.25, 0.3) is 5.91 Å². The third-order valence-corrected chi connectivity index (χ3v) is 5.41. The van der Waals surface area contributed by atoms with Crippen LogP contribution >= 0.6 is 0 Å². The zero-order valence-electron chi connectivity index (χ0n) is 17.3. The van der Waals surface area contributed by atoms with Gasteiger partial charge < -0.3 is 15.4 Å². The molecule has 0 unspecified atom stereocenters. The lowest BCUT2D eigenvalue weighted by molar-refractivity contribution is -0.141. The van der Waals surface area contributed by atoms with E-state index in [1.165, 1.54) is 24.4 Å². The molecule has 3 aromatic rings. The van der Waals surface area contributed by atoms with Crippen molar-refractivity contribution in [3.8, 4) is 16.9 Å². The molecule has 33 heavy (non-hydrogen) atoms. The zero-order valence-corrected chi connectivity index (χ0v) is 17.3. The number of aromatic nitrogens is 2. The van der Waals surface area contributed by atoms with Crippen molar-refractivity contribution in [2.24, 2.45) is 5.73 Å². The first-order valence-electron chi connectivity index (χ1n) is 10.2. The largest absolute Gasteiger partial charge is 0.488 e. The average Bonchev–Trinajstić information content (AvgIpc) is 2.80. The molecule has 2 N–H and O–H groups in total. The van der Waals surface area contributed by atoms with Crippen LogP contribution in [-0.4, -0.2) is 35.1 Å². The smallest absolute Gasteiger partial charge is 0.433 e. The number of alkyl halides is 3. The van der Waals surface area contributed by atoms with Gasteiger partial charge in [-0.2, -0.15) is 13.2 Å². The van der Waals surface area contributed by atoms with Crippen LogP contribution in [0.3, 0.4) is 0 Å². The van der Waals surface area contributed by atoms with Crippen molar-refractivity contribution in [2.75, 3.05) is 18.0 Å². The predicted octanol–water partition coefficient (Wildman–Crippen LogP) is 4.45. The zero-order chi connectivity index (χ0) is 23.6. The first kappa shape index (κ1) is 22.5. The van der Waals surface area contributed by atoms with Crippen LogP contribution in [0, 0.1) is 5.82 Å². The number of halogens is 4. The Morgan fingerprint density at radius 2 is 1.76 bits per heavy atom. The van der Waals surface area contributed by atoms with Gasteiger partial charge in [0.05, 0.1) is 6.20 Å². The first-order valence-corrected chi connectivity index (χ1v) is 10.2. The van der Waals surface area contributed by atoms with Crippen LogP contribution in [0.4, 0.5) is 23.2 Å². The van der Waals surface area contributed by atoms with E-state index in [1.54, 1.807) is 18.2 Å². The van der Waals surface area contributed by atoms with Gasteiger partial charge in [-0.05, 0) is 35.9 Å². The second kappa shape index (κ2) is 9.05. The van der Waals surface area contributed by atoms with E-state index in [0.717, 1.165) is 12.3 Å². The number of hydrogen-bond acceptors (Lipinski definition) is 5. The molecule has 0 radical (unpaired) electrons. The minimum absolute atomic E-state index is 0.0506. The molecule has 0 atom stereocenters. The number of rotatable bonds is 5. The number of pyridine rings is 2. The summed E-state index contributed by atoms with van der Waals surface area (Å²) in [7, 11) is 0. The maximum atomic E-state index is 13.4. The number of nitrogens with zero attached hydrogens (tertiary/aromatic N) is 3. The molecule has 1 amide bonds. The van der Waals surface area contributed by atoms with Crippen molar-refractivity contribution in [1.29, 1.82) is 0 Å². The summed E-state index contributed by atoms with van der Waals surface area (Å²) < 4.78 is 58.4. The van der Waals surface area contributed by atoms with Crippen LogP contribution in [0.1, 0.15) is 29.0 Å². The summed E-state index contributed by atoms with van der Waals surface area (Å²) in [4.78, 5) is 20.9. The number of ether oxygens (including phenoxy) is 1. The summed E-state index contributed by atoms with van der Waals surface area (Å²) >= 11 is 0. The number of hydrogen-bond donors (Lipinski definition) is 1. The van der Waals surface area contributed by atoms with Gasteiger partial charge in [-0.1, -0.05) is 12.1 Å². The van der Waals surface area contributed by atoms with Gasteiger partial charge in [0.15, 0.2) is 0 Å². The van der Waals surface area contributed by atoms with E-state index in [1.807, 2.05) is 4.90 Å². The molecule has 6 nitrogen and oxygen atoms in total. The SMILES string of the molecule is NC(=O)c1cc(-c2ccc(F)cc2)c(OC2CCN(c3ccnc(C(F)(F)F)c3)CC2)cn1. The molecule has 1 saturated heterocycles. The number of piperidine rings is 1. The van der Waals surface area contributed by atoms with Gasteiger partial charge in [-0.3, -0.25) is 9.78 Å². The van der Waals surface area contributed by atoms with E-state index in [2.05, 4.69) is 9.97 Å². The number of benzene rings is 1. The number of anilines is 1. The van der Waals surface area contributed by atoms with E-state index < -0.39 is 23.6 Å². The van der Waals surface area contributed by atoms with Crippen molar-refractivity contribution in [1.82, 2.24) is 9.97 Å². The molecule has 172 valence electrons. The van der Waals surface area contributed by atoms with E-state index in [4.69, 9.17) is 10.5 Å². The molecule has 4 rings (SSSR count). The van der Waals surface area contributed by atoms with Crippen LogP contribution in [0.15, 0.2) is 54.9 Å². The summed E-state index contributed by atoms with van der Waals surface area (Å²) in [5.74, 6) is -0.690. The number of carbonyl (C=O) groups excluding carboxylic acids is 1. The predicted molar refractivity (Wildman–Crippen MR) is 113 cm³/mol. The van der Waals surface area contributed by atoms with Crippen LogP contribution in [0.5, 0.6) is 5.75 Å². The summed E-state index contributed by atoms with van der Waals surface area (Å²) in [6, 6.07) is 9.81. The Morgan fingerprint density at radius 1 is 1.06 bits per heavy atom.